The first-order valence-electron chi connectivity index (χ1n) is 11.8. The predicted molar refractivity (Wildman–Crippen MR) is 145 cm³/mol. The molecule has 7 nitrogen and oxygen atoms in total. The Morgan fingerprint density at radius 2 is 1.73 bits per heavy atom. The van der Waals surface area contributed by atoms with Crippen LogP contribution in [0.3, 0.4) is 0 Å². The molecule has 186 valence electrons. The molecule has 0 spiro atoms. The second-order valence-corrected chi connectivity index (χ2v) is 11.2. The minimum absolute atomic E-state index is 0.0817. The van der Waals surface area contributed by atoms with Crippen molar-refractivity contribution in [2.45, 2.75) is 25.2 Å². The number of anilines is 1. The third kappa shape index (κ3) is 5.29. The lowest BCUT2D eigenvalue weighted by molar-refractivity contribution is 0.102. The smallest absolute Gasteiger partial charge is 0.274 e. The molecule has 1 amide bonds. The number of carbonyl (C=O) groups is 1. The van der Waals surface area contributed by atoms with Gasteiger partial charge in [0.15, 0.2) is 9.84 Å². The van der Waals surface area contributed by atoms with E-state index < -0.39 is 15.7 Å². The molecular formula is C29H26N4O3S. The van der Waals surface area contributed by atoms with Crippen molar-refractivity contribution in [3.63, 3.8) is 0 Å². The topological polar surface area (TPSA) is 93.4 Å². The van der Waals surface area contributed by atoms with Gasteiger partial charge in [-0.3, -0.25) is 4.79 Å². The first kappa shape index (κ1) is 24.4. The van der Waals surface area contributed by atoms with Crippen molar-refractivity contribution in [3.8, 4) is 11.3 Å². The van der Waals surface area contributed by atoms with Gasteiger partial charge in [-0.25, -0.2) is 18.4 Å². The van der Waals surface area contributed by atoms with Crippen molar-refractivity contribution in [1.82, 2.24) is 14.4 Å². The summed E-state index contributed by atoms with van der Waals surface area (Å²) in [6.07, 6.45) is 6.68. The lowest BCUT2D eigenvalue weighted by atomic mass is 10.0. The molecule has 37 heavy (non-hydrogen) atoms. The van der Waals surface area contributed by atoms with Crippen LogP contribution < -0.4 is 5.32 Å². The molecule has 1 N–H and O–H groups in total. The van der Waals surface area contributed by atoms with Gasteiger partial charge in [0.05, 0.1) is 10.6 Å². The Balaban J connectivity index is 1.41. The summed E-state index contributed by atoms with van der Waals surface area (Å²) in [4.78, 5) is 22.3. The zero-order chi connectivity index (χ0) is 26.2. The van der Waals surface area contributed by atoms with Gasteiger partial charge in [0.25, 0.3) is 5.91 Å². The van der Waals surface area contributed by atoms with E-state index in [9.17, 15) is 13.2 Å². The number of fused-ring (bicyclic) bond motifs is 1. The van der Waals surface area contributed by atoms with Crippen LogP contribution in [0.1, 0.15) is 32.7 Å². The van der Waals surface area contributed by atoms with Crippen LogP contribution in [0.2, 0.25) is 0 Å². The van der Waals surface area contributed by atoms with Gasteiger partial charge in [0, 0.05) is 36.1 Å². The van der Waals surface area contributed by atoms with E-state index >= 15 is 0 Å². The number of nitrogens with zero attached hydrogens (tertiary/aromatic N) is 3. The second kappa shape index (κ2) is 9.63. The summed E-state index contributed by atoms with van der Waals surface area (Å²) in [5, 5.41) is 2.89. The van der Waals surface area contributed by atoms with Gasteiger partial charge in [-0.1, -0.05) is 48.0 Å². The number of sulfone groups is 1. The molecule has 0 radical (unpaired) electrons. The van der Waals surface area contributed by atoms with Crippen LogP contribution in [-0.4, -0.2) is 34.9 Å². The summed E-state index contributed by atoms with van der Waals surface area (Å²) in [7, 11) is -3.47. The maximum Gasteiger partial charge on any atom is 0.274 e. The third-order valence-corrected chi connectivity index (χ3v) is 7.30. The summed E-state index contributed by atoms with van der Waals surface area (Å²) >= 11 is 0. The van der Waals surface area contributed by atoms with Crippen molar-refractivity contribution >= 4 is 27.1 Å². The van der Waals surface area contributed by atoms with Gasteiger partial charge in [-0.2, -0.15) is 0 Å². The molecule has 0 atom stereocenters. The summed E-state index contributed by atoms with van der Waals surface area (Å²) in [6.45, 7) is 4.02. The van der Waals surface area contributed by atoms with E-state index in [1.807, 2.05) is 91.3 Å². The number of amides is 1. The molecule has 5 rings (SSSR count). The number of imidazole rings is 1. The molecule has 0 unspecified atom stereocenters. The Kier molecular flexibility index (Phi) is 6.35. The van der Waals surface area contributed by atoms with Crippen LogP contribution in [0.15, 0.2) is 90.2 Å². The van der Waals surface area contributed by atoms with Crippen molar-refractivity contribution in [1.29, 1.82) is 0 Å². The highest BCUT2D eigenvalue weighted by Gasteiger charge is 2.18. The van der Waals surface area contributed by atoms with Crippen molar-refractivity contribution in [3.05, 3.63) is 113 Å². The number of carbonyl (C=O) groups excluding carboxylic acids is 1. The third-order valence-electron chi connectivity index (χ3n) is 6.22. The van der Waals surface area contributed by atoms with Crippen LogP contribution in [0.25, 0.3) is 16.9 Å². The maximum atomic E-state index is 13.2. The fraction of sp³-hybridized carbons (Fsp3) is 0.138. The van der Waals surface area contributed by atoms with Crippen molar-refractivity contribution < 1.29 is 13.2 Å². The van der Waals surface area contributed by atoms with Crippen LogP contribution in [0.5, 0.6) is 0 Å². The number of hydrogen-bond donors (Lipinski definition) is 1. The molecule has 0 fully saturated rings. The zero-order valence-electron chi connectivity index (χ0n) is 20.8. The lowest BCUT2D eigenvalue weighted by Gasteiger charge is -2.12. The molecule has 0 aliphatic rings. The number of pyridine rings is 2. The fourth-order valence-electron chi connectivity index (χ4n) is 4.16. The Bertz CT molecular complexity index is 1720. The van der Waals surface area contributed by atoms with Crippen LogP contribution >= 0.6 is 0 Å². The Morgan fingerprint density at radius 3 is 2.41 bits per heavy atom. The summed E-state index contributed by atoms with van der Waals surface area (Å²) in [5.74, 6) is -0.404. The minimum atomic E-state index is -3.47. The fourth-order valence-corrected chi connectivity index (χ4v) is 4.76. The number of aryl methyl sites for hydroxylation is 2. The molecule has 3 aromatic heterocycles. The molecule has 2 aromatic carbocycles. The number of rotatable bonds is 6. The number of nitrogens with one attached hydrogen (secondary N) is 1. The average molecular weight is 511 g/mol. The highest BCUT2D eigenvalue weighted by atomic mass is 32.2. The van der Waals surface area contributed by atoms with Gasteiger partial charge in [0.1, 0.15) is 11.3 Å². The van der Waals surface area contributed by atoms with Gasteiger partial charge in [0.2, 0.25) is 0 Å². The molecule has 3 heterocycles. The molecule has 5 aromatic rings. The van der Waals surface area contributed by atoms with Crippen LogP contribution in [0.4, 0.5) is 5.69 Å². The zero-order valence-corrected chi connectivity index (χ0v) is 21.6. The van der Waals surface area contributed by atoms with E-state index in [1.165, 1.54) is 12.3 Å². The quantitative estimate of drug-likeness (QED) is 0.336. The Morgan fingerprint density at radius 1 is 1.00 bits per heavy atom. The molecule has 0 saturated carbocycles. The normalized spacial score (nSPS) is 11.5. The molecule has 8 heteroatoms. The van der Waals surface area contributed by atoms with E-state index in [2.05, 4.69) is 10.3 Å². The Hall–Kier alpha value is -4.30. The van der Waals surface area contributed by atoms with E-state index in [4.69, 9.17) is 4.98 Å². The molecular weight excluding hydrogens is 484 g/mol. The van der Waals surface area contributed by atoms with Gasteiger partial charge in [-0.05, 0) is 61.2 Å². The highest BCUT2D eigenvalue weighted by molar-refractivity contribution is 7.90. The van der Waals surface area contributed by atoms with Crippen LogP contribution in [-0.2, 0) is 16.3 Å². The second-order valence-electron chi connectivity index (χ2n) is 9.19. The van der Waals surface area contributed by atoms with Crippen molar-refractivity contribution in [2.75, 3.05) is 11.6 Å². The van der Waals surface area contributed by atoms with E-state index in [1.54, 1.807) is 0 Å². The molecule has 0 aliphatic heterocycles. The number of hydrogen-bond acceptors (Lipinski definition) is 5. The summed E-state index contributed by atoms with van der Waals surface area (Å²) in [5.41, 5.74) is 7.17. The largest absolute Gasteiger partial charge is 0.321 e. The highest BCUT2D eigenvalue weighted by Crippen LogP contribution is 2.24. The first-order valence-corrected chi connectivity index (χ1v) is 13.7. The standard InChI is InChI=1S/C29H26N4O3S/c1-19-6-8-21(9-7-19)15-23-16-25(37(3,35)36)17-30-27(23)29(34)31-24-12-10-22(11-13-24)26-18-33-14-4-5-20(2)28(33)32-26/h4-14,16-18H,15H2,1-3H3,(H,31,34). The number of aromatic nitrogens is 3. The summed E-state index contributed by atoms with van der Waals surface area (Å²) in [6, 6.07) is 20.9. The Labute approximate surface area is 215 Å². The minimum Gasteiger partial charge on any atom is -0.321 e. The van der Waals surface area contributed by atoms with Crippen LogP contribution in [0, 0.1) is 13.8 Å². The van der Waals surface area contributed by atoms with E-state index in [-0.39, 0.29) is 10.6 Å². The molecule has 0 saturated heterocycles. The van der Waals surface area contributed by atoms with Crippen molar-refractivity contribution in [2.24, 2.45) is 0 Å². The van der Waals surface area contributed by atoms with E-state index in [0.29, 0.717) is 17.7 Å². The van der Waals surface area contributed by atoms with E-state index in [0.717, 1.165) is 39.9 Å². The maximum absolute atomic E-state index is 13.2. The summed E-state index contributed by atoms with van der Waals surface area (Å²) < 4.78 is 26.3. The first-order chi connectivity index (χ1) is 17.7. The van der Waals surface area contributed by atoms with Gasteiger partial charge < -0.3 is 9.72 Å². The SMILES string of the molecule is Cc1ccc(Cc2cc(S(C)(=O)=O)cnc2C(=O)Nc2ccc(-c3cn4cccc(C)c4n3)cc2)cc1. The lowest BCUT2D eigenvalue weighted by Crippen LogP contribution is -2.17. The van der Waals surface area contributed by atoms with Gasteiger partial charge in [-0.15, -0.1) is 0 Å². The predicted octanol–water partition coefficient (Wildman–Crippen LogP) is 5.26. The monoisotopic (exact) mass is 510 g/mol. The molecule has 0 bridgehead atoms. The average Bonchev–Trinajstić information content (AvgIpc) is 3.31. The number of benzene rings is 2. The van der Waals surface area contributed by atoms with Gasteiger partial charge >= 0.3 is 0 Å². The molecule has 0 aliphatic carbocycles.